The molecular formula is C56H99NO8P+. The summed E-state index contributed by atoms with van der Waals surface area (Å²) in [4.78, 5) is 35.5. The molecule has 0 saturated carbocycles. The third-order valence-electron chi connectivity index (χ3n) is 10.9. The van der Waals surface area contributed by atoms with Crippen LogP contribution in [0.1, 0.15) is 206 Å². The van der Waals surface area contributed by atoms with Gasteiger partial charge >= 0.3 is 19.8 Å². The van der Waals surface area contributed by atoms with Gasteiger partial charge in [0, 0.05) is 12.8 Å². The van der Waals surface area contributed by atoms with E-state index in [-0.39, 0.29) is 32.0 Å². The largest absolute Gasteiger partial charge is 0.472 e. The van der Waals surface area contributed by atoms with Gasteiger partial charge in [-0.05, 0) is 89.9 Å². The molecule has 0 aliphatic heterocycles. The molecule has 10 heteroatoms. The summed E-state index contributed by atoms with van der Waals surface area (Å²) in [6.45, 7) is 4.24. The number of ether oxygens (including phenoxy) is 2. The molecule has 0 rings (SSSR count). The molecule has 0 aliphatic rings. The number of likely N-dealkylation sites (N-methyl/N-ethyl adjacent to an activating group) is 1. The fourth-order valence-corrected chi connectivity index (χ4v) is 7.58. The number of carbonyl (C=O) groups excluding carboxylic acids is 2. The number of unbranched alkanes of at least 4 members (excludes halogenated alkanes) is 19. The van der Waals surface area contributed by atoms with Gasteiger partial charge in [0.15, 0.2) is 6.10 Å². The molecule has 9 nitrogen and oxygen atoms in total. The predicted molar refractivity (Wildman–Crippen MR) is 279 cm³/mol. The van der Waals surface area contributed by atoms with Crippen LogP contribution in [0, 0.1) is 0 Å². The quantitative estimate of drug-likeness (QED) is 0.0211. The first-order chi connectivity index (χ1) is 32.0. The van der Waals surface area contributed by atoms with Crippen LogP contribution < -0.4 is 0 Å². The van der Waals surface area contributed by atoms with Crippen LogP contribution in [-0.4, -0.2) is 74.9 Å². The molecule has 380 valence electrons. The second-order valence-electron chi connectivity index (χ2n) is 18.5. The summed E-state index contributed by atoms with van der Waals surface area (Å²) < 4.78 is 34.4. The maximum absolute atomic E-state index is 12.7. The summed E-state index contributed by atoms with van der Waals surface area (Å²) in [5.74, 6) is -0.852. The summed E-state index contributed by atoms with van der Waals surface area (Å²) in [7, 11) is 1.44. The van der Waals surface area contributed by atoms with Gasteiger partial charge < -0.3 is 18.9 Å². The number of hydrogen-bond acceptors (Lipinski definition) is 7. The van der Waals surface area contributed by atoms with E-state index < -0.39 is 26.5 Å². The van der Waals surface area contributed by atoms with Gasteiger partial charge in [0.2, 0.25) is 0 Å². The van der Waals surface area contributed by atoms with Crippen molar-refractivity contribution in [2.75, 3.05) is 47.5 Å². The van der Waals surface area contributed by atoms with E-state index in [1.165, 1.54) is 103 Å². The average molecular weight is 945 g/mol. The Morgan fingerprint density at radius 2 is 0.864 bits per heavy atom. The Morgan fingerprint density at radius 1 is 0.485 bits per heavy atom. The highest BCUT2D eigenvalue weighted by Gasteiger charge is 2.27. The molecule has 0 amide bonds. The zero-order valence-electron chi connectivity index (χ0n) is 42.9. The van der Waals surface area contributed by atoms with E-state index in [1.54, 1.807) is 0 Å². The topological polar surface area (TPSA) is 108 Å². The van der Waals surface area contributed by atoms with E-state index in [0.717, 1.165) is 70.6 Å². The zero-order valence-corrected chi connectivity index (χ0v) is 43.8. The van der Waals surface area contributed by atoms with Gasteiger partial charge in [-0.15, -0.1) is 0 Å². The molecule has 2 unspecified atom stereocenters. The van der Waals surface area contributed by atoms with Gasteiger partial charge in [-0.2, -0.15) is 0 Å². The molecule has 1 N–H and O–H groups in total. The summed E-state index contributed by atoms with van der Waals surface area (Å²) in [5, 5.41) is 0. The summed E-state index contributed by atoms with van der Waals surface area (Å²) >= 11 is 0. The fourth-order valence-electron chi connectivity index (χ4n) is 6.84. The van der Waals surface area contributed by atoms with Gasteiger partial charge in [0.1, 0.15) is 19.8 Å². The second-order valence-corrected chi connectivity index (χ2v) is 20.0. The molecule has 0 bridgehead atoms. The normalized spacial score (nSPS) is 14.1. The van der Waals surface area contributed by atoms with Crippen molar-refractivity contribution in [3.05, 3.63) is 85.1 Å². The van der Waals surface area contributed by atoms with Crippen LogP contribution in [0.25, 0.3) is 0 Å². The number of esters is 2. The highest BCUT2D eigenvalue weighted by Crippen LogP contribution is 2.43. The fraction of sp³-hybridized carbons (Fsp3) is 0.714. The molecular weight excluding hydrogens is 846 g/mol. The first-order valence-corrected chi connectivity index (χ1v) is 27.8. The van der Waals surface area contributed by atoms with Crippen molar-refractivity contribution in [3.8, 4) is 0 Å². The predicted octanol–water partition coefficient (Wildman–Crippen LogP) is 15.9. The molecule has 0 saturated heterocycles. The van der Waals surface area contributed by atoms with Crippen LogP contribution in [-0.2, 0) is 32.7 Å². The van der Waals surface area contributed by atoms with E-state index >= 15 is 0 Å². The lowest BCUT2D eigenvalue weighted by Crippen LogP contribution is -2.37. The zero-order chi connectivity index (χ0) is 48.5. The van der Waals surface area contributed by atoms with E-state index in [0.29, 0.717) is 17.4 Å². The van der Waals surface area contributed by atoms with Gasteiger partial charge in [0.05, 0.1) is 27.7 Å². The highest BCUT2D eigenvalue weighted by atomic mass is 31.2. The number of allylic oxidation sites excluding steroid dienone is 14. The molecule has 0 aliphatic carbocycles. The Hall–Kier alpha value is -2.81. The Labute approximate surface area is 405 Å². The molecule has 0 aromatic carbocycles. The first kappa shape index (κ1) is 63.2. The molecule has 0 aromatic rings. The lowest BCUT2D eigenvalue weighted by Gasteiger charge is -2.24. The standard InChI is InChI=1S/C56H98NO8P/c1-6-8-10-12-14-16-18-20-22-23-24-25-26-27-28-29-30-31-32-33-35-36-38-40-42-44-46-48-55(58)62-52-54(53-64-66(60,61)63-51-50-57(3,4)5)65-56(59)49-47-45-43-41-39-37-34-21-19-17-15-13-11-9-7-2/h9,11,15,17-18,20-21,23-24,26-27,34,39,41,54H,6-8,10,12-14,16,19,22,25,28-33,35-38,40,42-53H2,1-5H3/p+1/b11-9-,17-15-,20-18-,24-23-,27-26-,34-21-,41-39-. The number of carbonyl (C=O) groups is 2. The molecule has 0 fully saturated rings. The van der Waals surface area contributed by atoms with Crippen LogP contribution in [0.2, 0.25) is 0 Å². The number of hydrogen-bond donors (Lipinski definition) is 1. The van der Waals surface area contributed by atoms with Crippen molar-refractivity contribution in [2.24, 2.45) is 0 Å². The summed E-state index contributed by atoms with van der Waals surface area (Å²) in [6, 6.07) is 0. The van der Waals surface area contributed by atoms with Crippen LogP contribution in [0.5, 0.6) is 0 Å². The summed E-state index contributed by atoms with van der Waals surface area (Å²) in [5.41, 5.74) is 0. The Kier molecular flexibility index (Phi) is 45.3. The van der Waals surface area contributed by atoms with Crippen LogP contribution in [0.15, 0.2) is 85.1 Å². The lowest BCUT2D eigenvalue weighted by atomic mass is 10.0. The Balaban J connectivity index is 4.21. The van der Waals surface area contributed by atoms with Gasteiger partial charge in [-0.25, -0.2) is 4.57 Å². The van der Waals surface area contributed by atoms with E-state index in [9.17, 15) is 19.0 Å². The molecule has 2 atom stereocenters. The number of quaternary nitrogens is 1. The first-order valence-electron chi connectivity index (χ1n) is 26.3. The minimum Gasteiger partial charge on any atom is -0.462 e. The average Bonchev–Trinajstić information content (AvgIpc) is 3.27. The van der Waals surface area contributed by atoms with E-state index in [1.807, 2.05) is 21.1 Å². The van der Waals surface area contributed by atoms with Crippen LogP contribution in [0.4, 0.5) is 0 Å². The number of rotatable bonds is 47. The van der Waals surface area contributed by atoms with Crippen molar-refractivity contribution in [1.82, 2.24) is 0 Å². The molecule has 0 heterocycles. The minimum atomic E-state index is -4.40. The van der Waals surface area contributed by atoms with Crippen molar-refractivity contribution in [3.63, 3.8) is 0 Å². The van der Waals surface area contributed by atoms with Gasteiger partial charge in [-0.1, -0.05) is 189 Å². The SMILES string of the molecule is CC/C=C\C/C=C\C/C=C\C/C=C\CCCCC(=O)OC(COC(=O)CCCCCCCCCCCCCC/C=C\C/C=C\C/C=C\CCCCCCC)COP(=O)(O)OCC[N+](C)(C)C. The Bertz CT molecular complexity index is 1390. The second kappa shape index (κ2) is 47.3. The van der Waals surface area contributed by atoms with Crippen LogP contribution in [0.3, 0.4) is 0 Å². The third kappa shape index (κ3) is 50.6. The molecule has 0 spiro atoms. The van der Waals surface area contributed by atoms with Gasteiger partial charge in [-0.3, -0.25) is 18.6 Å². The minimum absolute atomic E-state index is 0.0194. The maximum Gasteiger partial charge on any atom is 0.472 e. The number of nitrogens with zero attached hydrogens (tertiary/aromatic N) is 1. The van der Waals surface area contributed by atoms with Crippen molar-refractivity contribution >= 4 is 19.8 Å². The van der Waals surface area contributed by atoms with Crippen molar-refractivity contribution < 1.29 is 42.1 Å². The summed E-state index contributed by atoms with van der Waals surface area (Å²) in [6.07, 6.45) is 62.2. The monoisotopic (exact) mass is 945 g/mol. The van der Waals surface area contributed by atoms with Crippen LogP contribution >= 0.6 is 7.82 Å². The molecule has 66 heavy (non-hydrogen) atoms. The smallest absolute Gasteiger partial charge is 0.462 e. The lowest BCUT2D eigenvalue weighted by molar-refractivity contribution is -0.870. The number of phosphoric acid groups is 1. The molecule has 0 radical (unpaired) electrons. The van der Waals surface area contributed by atoms with E-state index in [4.69, 9.17) is 18.5 Å². The van der Waals surface area contributed by atoms with Crippen molar-refractivity contribution in [2.45, 2.75) is 213 Å². The van der Waals surface area contributed by atoms with Crippen molar-refractivity contribution in [1.29, 1.82) is 0 Å². The third-order valence-corrected chi connectivity index (χ3v) is 11.9. The highest BCUT2D eigenvalue weighted by molar-refractivity contribution is 7.47. The molecule has 0 aromatic heterocycles. The Morgan fingerprint density at radius 3 is 1.32 bits per heavy atom. The number of phosphoric ester groups is 1. The van der Waals surface area contributed by atoms with Gasteiger partial charge in [0.25, 0.3) is 0 Å². The van der Waals surface area contributed by atoms with E-state index in [2.05, 4.69) is 98.9 Å². The maximum atomic E-state index is 12.7.